The van der Waals surface area contributed by atoms with E-state index in [9.17, 15) is 9.59 Å². The third-order valence-electron chi connectivity index (χ3n) is 5.97. The largest absolute Gasteiger partial charge is 0.444 e. The summed E-state index contributed by atoms with van der Waals surface area (Å²) in [5, 5.41) is 14.4. The summed E-state index contributed by atoms with van der Waals surface area (Å²) in [6.45, 7) is 12.0. The highest BCUT2D eigenvalue weighted by Crippen LogP contribution is 2.44. The molecule has 0 radical (unpaired) electrons. The Morgan fingerprint density at radius 2 is 1.97 bits per heavy atom. The summed E-state index contributed by atoms with van der Waals surface area (Å²) in [7, 11) is 1.65. The van der Waals surface area contributed by atoms with E-state index in [1.807, 2.05) is 31.2 Å². The second-order valence-corrected chi connectivity index (χ2v) is 10.9. The number of carbonyl (C=O) groups is 2. The van der Waals surface area contributed by atoms with Crippen LogP contribution >= 0.6 is 0 Å². The van der Waals surface area contributed by atoms with Gasteiger partial charge in [0.25, 0.3) is 0 Å². The van der Waals surface area contributed by atoms with Gasteiger partial charge in [0, 0.05) is 7.11 Å². The molecule has 2 aromatic rings. The van der Waals surface area contributed by atoms with Gasteiger partial charge in [-0.3, -0.25) is 4.79 Å². The van der Waals surface area contributed by atoms with E-state index in [1.165, 1.54) is 0 Å². The highest BCUT2D eigenvalue weighted by atomic mass is 16.6. The first-order chi connectivity index (χ1) is 15.8. The number of alkyl carbamates (subject to hydrolysis) is 1. The topological polar surface area (TPSA) is 107 Å². The predicted octanol–water partition coefficient (Wildman–Crippen LogP) is 4.06. The number of hydrogen-bond donors (Lipinski definition) is 2. The maximum atomic E-state index is 13.5. The van der Waals surface area contributed by atoms with E-state index >= 15 is 0 Å². The molecule has 1 aliphatic rings. The van der Waals surface area contributed by atoms with Crippen LogP contribution in [0, 0.1) is 5.41 Å². The highest BCUT2D eigenvalue weighted by molar-refractivity contribution is 5.90. The van der Waals surface area contributed by atoms with E-state index in [0.29, 0.717) is 25.1 Å². The lowest BCUT2D eigenvalue weighted by atomic mass is 9.87. The molecule has 1 aromatic carbocycles. The normalized spacial score (nSPS) is 20.6. The third-order valence-corrected chi connectivity index (χ3v) is 5.97. The van der Waals surface area contributed by atoms with Gasteiger partial charge >= 0.3 is 6.09 Å². The van der Waals surface area contributed by atoms with Crippen molar-refractivity contribution in [2.75, 3.05) is 7.11 Å². The Morgan fingerprint density at radius 1 is 1.24 bits per heavy atom. The average Bonchev–Trinajstić information content (AvgIpc) is 3.32. The number of rotatable bonds is 7. The summed E-state index contributed by atoms with van der Waals surface area (Å²) in [6.07, 6.45) is 3.09. The summed E-state index contributed by atoms with van der Waals surface area (Å²) >= 11 is 0. The van der Waals surface area contributed by atoms with E-state index in [0.717, 1.165) is 17.7 Å². The van der Waals surface area contributed by atoms with E-state index in [1.54, 1.807) is 38.8 Å². The summed E-state index contributed by atoms with van der Waals surface area (Å²) in [6, 6.07) is 7.43. The van der Waals surface area contributed by atoms with Crippen LogP contribution in [0.4, 0.5) is 4.79 Å². The first kappa shape index (κ1) is 25.7. The van der Waals surface area contributed by atoms with Gasteiger partial charge in [-0.15, -0.1) is 5.10 Å². The summed E-state index contributed by atoms with van der Waals surface area (Å²) < 4.78 is 12.3. The quantitative estimate of drug-likeness (QED) is 0.630. The lowest BCUT2D eigenvalue weighted by Crippen LogP contribution is -2.58. The van der Waals surface area contributed by atoms with E-state index in [2.05, 4.69) is 34.8 Å². The molecule has 34 heavy (non-hydrogen) atoms. The molecule has 9 heteroatoms. The number of ether oxygens (including phenoxy) is 2. The van der Waals surface area contributed by atoms with Gasteiger partial charge in [0.15, 0.2) is 0 Å². The molecule has 1 fully saturated rings. The van der Waals surface area contributed by atoms with Crippen molar-refractivity contribution in [3.05, 3.63) is 41.7 Å². The fourth-order valence-electron chi connectivity index (χ4n) is 4.37. The molecule has 1 heterocycles. The molecule has 1 saturated carbocycles. The van der Waals surface area contributed by atoms with Crippen LogP contribution < -0.4 is 10.6 Å². The Morgan fingerprint density at radius 3 is 2.59 bits per heavy atom. The molecule has 2 unspecified atom stereocenters. The van der Waals surface area contributed by atoms with Crippen molar-refractivity contribution in [1.29, 1.82) is 0 Å². The molecule has 2 amide bonds. The van der Waals surface area contributed by atoms with Crippen LogP contribution in [0.1, 0.15) is 78.1 Å². The van der Waals surface area contributed by atoms with Gasteiger partial charge in [0.05, 0.1) is 24.5 Å². The fourth-order valence-corrected chi connectivity index (χ4v) is 4.37. The first-order valence-electron chi connectivity index (χ1n) is 11.7. The van der Waals surface area contributed by atoms with Gasteiger partial charge < -0.3 is 20.1 Å². The Labute approximate surface area is 201 Å². The van der Waals surface area contributed by atoms with Crippen LogP contribution in [0.5, 0.6) is 0 Å². The Kier molecular flexibility index (Phi) is 7.35. The summed E-state index contributed by atoms with van der Waals surface area (Å²) in [5.41, 5.74) is 0.735. The SMILES string of the molecule is COCc1cccc(-n2cc(C(C)NC(=O)C3(NC(=O)OC(C)(C)C)CCC(C)(C)C3)nn2)c1. The zero-order valence-corrected chi connectivity index (χ0v) is 21.3. The number of aromatic nitrogens is 3. The minimum atomic E-state index is -1.04. The summed E-state index contributed by atoms with van der Waals surface area (Å²) in [5.74, 6) is -0.243. The predicted molar refractivity (Wildman–Crippen MR) is 128 cm³/mol. The van der Waals surface area contributed by atoms with Crippen molar-refractivity contribution in [3.8, 4) is 5.69 Å². The number of methoxy groups -OCH3 is 1. The highest BCUT2D eigenvalue weighted by Gasteiger charge is 2.50. The minimum absolute atomic E-state index is 0.0774. The van der Waals surface area contributed by atoms with Crippen molar-refractivity contribution in [3.63, 3.8) is 0 Å². The van der Waals surface area contributed by atoms with Gasteiger partial charge in [0.2, 0.25) is 5.91 Å². The lowest BCUT2D eigenvalue weighted by Gasteiger charge is -2.32. The van der Waals surface area contributed by atoms with Crippen LogP contribution in [0.15, 0.2) is 30.5 Å². The van der Waals surface area contributed by atoms with Gasteiger partial charge in [-0.2, -0.15) is 0 Å². The Balaban J connectivity index is 1.75. The standard InChI is InChI=1S/C25H37N5O4/c1-17(20-14-30(29-28-20)19-10-8-9-18(13-19)15-33-7)26-21(31)25(12-11-24(5,6)16-25)27-22(32)34-23(2,3)4/h8-10,13-14,17H,11-12,15-16H2,1-7H3,(H,26,31)(H,27,32). The minimum Gasteiger partial charge on any atom is -0.444 e. The number of nitrogens with one attached hydrogen (secondary N) is 2. The third kappa shape index (κ3) is 6.34. The molecule has 186 valence electrons. The van der Waals surface area contributed by atoms with E-state index in [-0.39, 0.29) is 11.3 Å². The van der Waals surface area contributed by atoms with Gasteiger partial charge in [-0.1, -0.05) is 31.2 Å². The van der Waals surface area contributed by atoms with Crippen molar-refractivity contribution in [2.45, 2.75) is 84.6 Å². The molecule has 1 aromatic heterocycles. The van der Waals surface area contributed by atoms with Crippen LogP contribution in [0.25, 0.3) is 5.69 Å². The van der Waals surface area contributed by atoms with Crippen molar-refractivity contribution in [2.24, 2.45) is 5.41 Å². The first-order valence-corrected chi connectivity index (χ1v) is 11.7. The number of amides is 2. The molecular formula is C25H37N5O4. The monoisotopic (exact) mass is 471 g/mol. The molecule has 0 bridgehead atoms. The Hall–Kier alpha value is -2.94. The lowest BCUT2D eigenvalue weighted by molar-refractivity contribution is -0.128. The zero-order valence-electron chi connectivity index (χ0n) is 21.3. The molecule has 2 atom stereocenters. The van der Waals surface area contributed by atoms with Crippen LogP contribution in [-0.4, -0.2) is 45.2 Å². The van der Waals surface area contributed by atoms with Crippen LogP contribution in [-0.2, 0) is 20.9 Å². The number of hydrogen-bond acceptors (Lipinski definition) is 6. The van der Waals surface area contributed by atoms with Gasteiger partial charge in [-0.25, -0.2) is 9.48 Å². The molecular weight excluding hydrogens is 434 g/mol. The number of nitrogens with zero attached hydrogens (tertiary/aromatic N) is 3. The maximum Gasteiger partial charge on any atom is 0.408 e. The maximum absolute atomic E-state index is 13.5. The summed E-state index contributed by atoms with van der Waals surface area (Å²) in [4.78, 5) is 26.1. The van der Waals surface area contributed by atoms with E-state index in [4.69, 9.17) is 9.47 Å². The van der Waals surface area contributed by atoms with E-state index < -0.39 is 23.3 Å². The molecule has 2 N–H and O–H groups in total. The van der Waals surface area contributed by atoms with Crippen LogP contribution in [0.2, 0.25) is 0 Å². The smallest absolute Gasteiger partial charge is 0.408 e. The van der Waals surface area contributed by atoms with Crippen molar-refractivity contribution >= 4 is 12.0 Å². The van der Waals surface area contributed by atoms with Gasteiger partial charge in [-0.05, 0) is 70.1 Å². The van der Waals surface area contributed by atoms with Gasteiger partial charge in [0.1, 0.15) is 16.8 Å². The molecule has 1 aliphatic carbocycles. The second kappa shape index (κ2) is 9.74. The van der Waals surface area contributed by atoms with Crippen molar-refractivity contribution < 1.29 is 19.1 Å². The molecule has 0 aliphatic heterocycles. The molecule has 9 nitrogen and oxygen atoms in total. The molecule has 0 spiro atoms. The Bertz CT molecular complexity index is 1030. The van der Waals surface area contributed by atoms with Crippen molar-refractivity contribution in [1.82, 2.24) is 25.6 Å². The second-order valence-electron chi connectivity index (χ2n) is 10.9. The van der Waals surface area contributed by atoms with Crippen LogP contribution in [0.3, 0.4) is 0 Å². The molecule has 0 saturated heterocycles. The number of benzene rings is 1. The average molecular weight is 472 g/mol. The zero-order chi connectivity index (χ0) is 25.1. The molecule has 3 rings (SSSR count). The fraction of sp³-hybridized carbons (Fsp3) is 0.600. The number of carbonyl (C=O) groups excluding carboxylic acids is 2.